The van der Waals surface area contributed by atoms with E-state index in [2.05, 4.69) is 54.8 Å². The number of hydrogen-bond acceptors (Lipinski definition) is 14. The van der Waals surface area contributed by atoms with Gasteiger partial charge in [0.2, 0.25) is 0 Å². The van der Waals surface area contributed by atoms with E-state index in [0.29, 0.717) is 25.7 Å². The lowest BCUT2D eigenvalue weighted by Crippen LogP contribution is -2.64. The zero-order valence-corrected chi connectivity index (χ0v) is 40.2. The summed E-state index contributed by atoms with van der Waals surface area (Å²) in [7, 11) is -10.7. The molecule has 17 nitrogen and oxygen atoms in total. The van der Waals surface area contributed by atoms with Gasteiger partial charge in [-0.2, -0.15) is 0 Å². The Hall–Kier alpha value is -3.12. The number of phosphoric acid groups is 2. The highest BCUT2D eigenvalue weighted by molar-refractivity contribution is 7.47. The first-order valence-corrected chi connectivity index (χ1v) is 25.9. The minimum absolute atomic E-state index is 0.0726. The largest absolute Gasteiger partial charge is 0.472 e. The maximum atomic E-state index is 13.0. The SMILES string of the molecule is CC/C=C\C/C=C\CC(O)/C=C/C=C\C/C=C\C/C=C\CCC(=O)O[C@H](COC(=O)CCCCCCC/C=C\C/C=C\CCC)COP(=O)(O)O[C@H]1C(O)C(O)C(O)[C@@H](OP(=O)(O)O)C1O. The highest BCUT2D eigenvalue weighted by Crippen LogP contribution is 2.49. The summed E-state index contributed by atoms with van der Waals surface area (Å²) < 4.78 is 49.2. The Bertz CT molecular complexity index is 1670. The van der Waals surface area contributed by atoms with E-state index in [9.17, 15) is 49.1 Å². The molecule has 8 N–H and O–H groups in total. The third kappa shape index (κ3) is 31.0. The van der Waals surface area contributed by atoms with Crippen LogP contribution in [0.2, 0.25) is 0 Å². The molecule has 1 aliphatic carbocycles. The normalized spacial score (nSPS) is 22.9. The number of allylic oxidation sites excluding steroid dienone is 14. The van der Waals surface area contributed by atoms with Gasteiger partial charge in [0, 0.05) is 12.8 Å². The summed E-state index contributed by atoms with van der Waals surface area (Å²) in [6.45, 7) is 2.76. The molecular formula is C47H76O17P2. The van der Waals surface area contributed by atoms with Crippen molar-refractivity contribution in [2.24, 2.45) is 0 Å². The van der Waals surface area contributed by atoms with Crippen molar-refractivity contribution in [1.82, 2.24) is 0 Å². The summed E-state index contributed by atoms with van der Waals surface area (Å²) in [5.74, 6) is -1.36. The topological polar surface area (TPSA) is 276 Å². The molecule has 1 aliphatic rings. The van der Waals surface area contributed by atoms with Gasteiger partial charge in [-0.25, -0.2) is 9.13 Å². The zero-order chi connectivity index (χ0) is 49.1. The molecule has 0 heterocycles. The second-order valence-electron chi connectivity index (χ2n) is 15.6. The number of unbranched alkanes of at least 4 members (excludes halogenated alkanes) is 6. The smallest absolute Gasteiger partial charge is 0.462 e. The van der Waals surface area contributed by atoms with Crippen molar-refractivity contribution < 1.29 is 82.0 Å². The molecule has 0 amide bonds. The van der Waals surface area contributed by atoms with Crippen molar-refractivity contribution >= 4 is 27.6 Å². The van der Waals surface area contributed by atoms with Crippen molar-refractivity contribution in [3.8, 4) is 0 Å². The molecule has 0 aromatic carbocycles. The number of carbonyl (C=O) groups is 2. The molecule has 1 saturated carbocycles. The minimum Gasteiger partial charge on any atom is -0.462 e. The molecule has 0 radical (unpaired) electrons. The number of aliphatic hydroxyl groups excluding tert-OH is 5. The molecular weight excluding hydrogens is 898 g/mol. The number of ether oxygens (including phenoxy) is 2. The van der Waals surface area contributed by atoms with Crippen LogP contribution < -0.4 is 0 Å². The maximum absolute atomic E-state index is 13.0. The van der Waals surface area contributed by atoms with Gasteiger partial charge >= 0.3 is 27.6 Å². The predicted octanol–water partition coefficient (Wildman–Crippen LogP) is 7.36. The second-order valence-corrected chi connectivity index (χ2v) is 18.2. The molecule has 19 heteroatoms. The molecule has 1 fully saturated rings. The van der Waals surface area contributed by atoms with Crippen LogP contribution in [0.15, 0.2) is 97.2 Å². The molecule has 376 valence electrons. The first-order valence-electron chi connectivity index (χ1n) is 22.9. The zero-order valence-electron chi connectivity index (χ0n) is 38.4. The molecule has 0 aromatic heterocycles. The van der Waals surface area contributed by atoms with Crippen molar-refractivity contribution in [3.63, 3.8) is 0 Å². The number of rotatable bonds is 36. The van der Waals surface area contributed by atoms with E-state index in [1.165, 1.54) is 0 Å². The summed E-state index contributed by atoms with van der Waals surface area (Å²) in [5.41, 5.74) is 0. The van der Waals surface area contributed by atoms with E-state index >= 15 is 0 Å². The monoisotopic (exact) mass is 974 g/mol. The van der Waals surface area contributed by atoms with Crippen LogP contribution in [0.4, 0.5) is 0 Å². The maximum Gasteiger partial charge on any atom is 0.472 e. The van der Waals surface area contributed by atoms with E-state index < -0.39 is 89.6 Å². The average molecular weight is 975 g/mol. The lowest BCUT2D eigenvalue weighted by atomic mass is 9.85. The predicted molar refractivity (Wildman–Crippen MR) is 251 cm³/mol. The lowest BCUT2D eigenvalue weighted by molar-refractivity contribution is -0.216. The van der Waals surface area contributed by atoms with Gasteiger partial charge < -0.3 is 49.7 Å². The quantitative estimate of drug-likeness (QED) is 0.0100. The lowest BCUT2D eigenvalue weighted by Gasteiger charge is -2.43. The van der Waals surface area contributed by atoms with E-state index in [-0.39, 0.29) is 19.3 Å². The van der Waals surface area contributed by atoms with Crippen LogP contribution in [0, 0.1) is 0 Å². The second kappa shape index (κ2) is 36.9. The molecule has 0 spiro atoms. The van der Waals surface area contributed by atoms with Gasteiger partial charge in [0.1, 0.15) is 43.2 Å². The molecule has 9 atom stereocenters. The van der Waals surface area contributed by atoms with Gasteiger partial charge in [-0.15, -0.1) is 0 Å². The Morgan fingerprint density at radius 1 is 0.576 bits per heavy atom. The van der Waals surface area contributed by atoms with Gasteiger partial charge in [0.15, 0.2) is 6.10 Å². The average Bonchev–Trinajstić information content (AvgIpc) is 3.27. The molecule has 0 aliphatic heterocycles. The van der Waals surface area contributed by atoms with Crippen molar-refractivity contribution in [2.75, 3.05) is 13.2 Å². The minimum atomic E-state index is -5.38. The Morgan fingerprint density at radius 3 is 1.79 bits per heavy atom. The fourth-order valence-electron chi connectivity index (χ4n) is 6.17. The van der Waals surface area contributed by atoms with E-state index in [1.807, 2.05) is 42.5 Å². The summed E-state index contributed by atoms with van der Waals surface area (Å²) >= 11 is 0. The highest BCUT2D eigenvalue weighted by atomic mass is 31.2. The van der Waals surface area contributed by atoms with Crippen LogP contribution in [0.25, 0.3) is 0 Å². The summed E-state index contributed by atoms with van der Waals surface area (Å²) in [6.07, 6.45) is 28.4. The molecule has 6 unspecified atom stereocenters. The van der Waals surface area contributed by atoms with Crippen LogP contribution >= 0.6 is 15.6 Å². The van der Waals surface area contributed by atoms with E-state index in [4.69, 9.17) is 28.3 Å². The van der Waals surface area contributed by atoms with Gasteiger partial charge in [0.25, 0.3) is 0 Å². The van der Waals surface area contributed by atoms with Crippen LogP contribution in [0.3, 0.4) is 0 Å². The van der Waals surface area contributed by atoms with Crippen LogP contribution in [0.5, 0.6) is 0 Å². The Labute approximate surface area is 390 Å². The first-order chi connectivity index (χ1) is 31.5. The fourth-order valence-corrected chi connectivity index (χ4v) is 7.71. The Balaban J connectivity index is 2.70. The number of phosphoric ester groups is 2. The highest BCUT2D eigenvalue weighted by Gasteiger charge is 2.54. The van der Waals surface area contributed by atoms with E-state index in [1.54, 1.807) is 18.2 Å². The van der Waals surface area contributed by atoms with Crippen molar-refractivity contribution in [2.45, 2.75) is 172 Å². The summed E-state index contributed by atoms with van der Waals surface area (Å²) in [4.78, 5) is 54.2. The van der Waals surface area contributed by atoms with Gasteiger partial charge in [-0.3, -0.25) is 23.2 Å². The standard InChI is InChI=1S/C47H76O17P2/c1-3-5-7-9-11-12-13-14-15-19-22-26-30-34-40(49)60-36-39(37-61-66(58,59)64-47-44(53)42(51)43(52)46(45(47)54)63-65(55,56)57)62-41(50)35-31-27-23-20-17-16-18-21-25-29-33-38(48)32-28-24-10-8-6-4-2/h6-9,12-13,16-17,21,23-25,27-29,33,38-39,42-48,51-54H,3-5,10-11,14-15,18-20,22,26,30-32,34-37H2,1-2H3,(H,58,59)(H2,55,56,57)/b8-6-,9-7-,13-12-,17-16-,25-21-,27-23-,28-24-,33-29+/t38?,39-,42?,43?,44?,45?,46-,47+/m1/s1. The van der Waals surface area contributed by atoms with Crippen LogP contribution in [-0.2, 0) is 41.8 Å². The molecule has 1 rings (SSSR count). The molecule has 0 aromatic rings. The Morgan fingerprint density at radius 2 is 1.14 bits per heavy atom. The fraction of sp³-hybridized carbons (Fsp3) is 0.617. The van der Waals surface area contributed by atoms with Gasteiger partial charge in [-0.1, -0.05) is 137 Å². The Kier molecular flexibility index (Phi) is 34.0. The van der Waals surface area contributed by atoms with Gasteiger partial charge in [-0.05, 0) is 70.6 Å². The van der Waals surface area contributed by atoms with Crippen LogP contribution in [0.1, 0.15) is 123 Å². The molecule has 0 saturated heterocycles. The molecule has 0 bridgehead atoms. The van der Waals surface area contributed by atoms with Crippen LogP contribution in [-0.4, -0.2) is 114 Å². The molecule has 66 heavy (non-hydrogen) atoms. The van der Waals surface area contributed by atoms with E-state index in [0.717, 1.165) is 64.2 Å². The summed E-state index contributed by atoms with van der Waals surface area (Å²) in [5, 5.41) is 51.2. The number of carbonyl (C=O) groups excluding carboxylic acids is 2. The van der Waals surface area contributed by atoms with Gasteiger partial charge in [0.05, 0.1) is 12.7 Å². The first kappa shape index (κ1) is 60.9. The third-order valence-corrected chi connectivity index (χ3v) is 11.2. The summed E-state index contributed by atoms with van der Waals surface area (Å²) in [6, 6.07) is 0. The number of aliphatic hydroxyl groups is 5. The number of hydrogen-bond donors (Lipinski definition) is 8. The number of esters is 2. The van der Waals surface area contributed by atoms with Crippen molar-refractivity contribution in [3.05, 3.63) is 97.2 Å². The third-order valence-electron chi connectivity index (χ3n) is 9.72. The van der Waals surface area contributed by atoms with Crippen molar-refractivity contribution in [1.29, 1.82) is 0 Å².